The van der Waals surface area contributed by atoms with Crippen LogP contribution >= 0.6 is 0 Å². The van der Waals surface area contributed by atoms with Crippen LogP contribution in [0.4, 0.5) is 5.82 Å². The van der Waals surface area contributed by atoms with Crippen molar-refractivity contribution in [3.63, 3.8) is 0 Å². The van der Waals surface area contributed by atoms with E-state index in [1.807, 2.05) is 19.9 Å². The number of methoxy groups -OCH3 is 2. The lowest BCUT2D eigenvalue weighted by molar-refractivity contribution is 0.0692. The maximum absolute atomic E-state index is 11.7. The van der Waals surface area contributed by atoms with E-state index in [9.17, 15) is 9.90 Å². The summed E-state index contributed by atoms with van der Waals surface area (Å²) >= 11 is 0. The standard InChI is InChI=1S/C22H23N3O4/c1-12-6-8-16-13(2)10-18(24-20(16)14(12)3)25-23-11-15-7-9-17(28-4)21(29-5)19(15)22(26)27/h6-11H,1-5H3,(H,24,25)(H,26,27)/b23-11-. The highest BCUT2D eigenvalue weighted by Gasteiger charge is 2.20. The average molecular weight is 393 g/mol. The molecule has 0 amide bonds. The molecule has 0 spiro atoms. The van der Waals surface area contributed by atoms with Crippen LogP contribution in [0, 0.1) is 20.8 Å². The predicted octanol–water partition coefficient (Wildman–Crippen LogP) is 4.32. The third-order valence-electron chi connectivity index (χ3n) is 4.89. The molecule has 0 aliphatic heterocycles. The summed E-state index contributed by atoms with van der Waals surface area (Å²) in [4.78, 5) is 16.4. The number of benzene rings is 2. The third-order valence-corrected chi connectivity index (χ3v) is 4.89. The normalized spacial score (nSPS) is 11.1. The summed E-state index contributed by atoms with van der Waals surface area (Å²) in [6, 6.07) is 9.30. The molecule has 0 radical (unpaired) electrons. The van der Waals surface area contributed by atoms with Crippen molar-refractivity contribution in [2.45, 2.75) is 20.8 Å². The van der Waals surface area contributed by atoms with Gasteiger partial charge < -0.3 is 14.6 Å². The van der Waals surface area contributed by atoms with E-state index in [1.165, 1.54) is 26.0 Å². The van der Waals surface area contributed by atoms with Crippen LogP contribution in [0.2, 0.25) is 0 Å². The Labute approximate surface area is 169 Å². The number of ether oxygens (including phenoxy) is 2. The van der Waals surface area contributed by atoms with Gasteiger partial charge >= 0.3 is 5.97 Å². The van der Waals surface area contributed by atoms with Gasteiger partial charge in [0.25, 0.3) is 0 Å². The molecule has 3 rings (SSSR count). The smallest absolute Gasteiger partial charge is 0.340 e. The Bertz CT molecular complexity index is 1120. The first-order valence-corrected chi connectivity index (χ1v) is 9.02. The molecule has 0 bridgehead atoms. The molecule has 150 valence electrons. The second kappa shape index (κ2) is 8.18. The van der Waals surface area contributed by atoms with Crippen molar-refractivity contribution in [1.82, 2.24) is 4.98 Å². The van der Waals surface area contributed by atoms with Gasteiger partial charge in [-0.25, -0.2) is 9.78 Å². The van der Waals surface area contributed by atoms with Crippen LogP contribution in [0.3, 0.4) is 0 Å². The van der Waals surface area contributed by atoms with Crippen molar-refractivity contribution in [2.75, 3.05) is 19.6 Å². The molecule has 2 aromatic carbocycles. The van der Waals surface area contributed by atoms with Crippen LogP contribution in [0.1, 0.15) is 32.6 Å². The fraction of sp³-hybridized carbons (Fsp3) is 0.227. The molecule has 29 heavy (non-hydrogen) atoms. The molecule has 0 aliphatic carbocycles. The Morgan fingerprint density at radius 2 is 1.86 bits per heavy atom. The average Bonchev–Trinajstić information content (AvgIpc) is 2.70. The molecule has 0 fully saturated rings. The molecule has 0 atom stereocenters. The Balaban J connectivity index is 1.96. The van der Waals surface area contributed by atoms with E-state index < -0.39 is 5.97 Å². The lowest BCUT2D eigenvalue weighted by atomic mass is 10.0. The van der Waals surface area contributed by atoms with Crippen molar-refractivity contribution in [3.8, 4) is 11.5 Å². The second-order valence-electron chi connectivity index (χ2n) is 6.67. The van der Waals surface area contributed by atoms with Crippen LogP contribution in [-0.2, 0) is 0 Å². The maximum Gasteiger partial charge on any atom is 0.340 e. The number of carboxylic acids is 1. The van der Waals surface area contributed by atoms with Gasteiger partial charge in [-0.2, -0.15) is 5.10 Å². The van der Waals surface area contributed by atoms with Crippen LogP contribution < -0.4 is 14.9 Å². The van der Waals surface area contributed by atoms with E-state index in [4.69, 9.17) is 9.47 Å². The van der Waals surface area contributed by atoms with Crippen molar-refractivity contribution in [2.24, 2.45) is 5.10 Å². The summed E-state index contributed by atoms with van der Waals surface area (Å²) in [5.74, 6) is -0.0623. The molecular formula is C22H23N3O4. The van der Waals surface area contributed by atoms with Gasteiger partial charge in [-0.05, 0) is 55.7 Å². The summed E-state index contributed by atoms with van der Waals surface area (Å²) in [7, 11) is 2.85. The second-order valence-corrected chi connectivity index (χ2v) is 6.67. The van der Waals surface area contributed by atoms with E-state index in [0.29, 0.717) is 17.1 Å². The number of aryl methyl sites for hydroxylation is 3. The van der Waals surface area contributed by atoms with Gasteiger partial charge in [0.2, 0.25) is 0 Å². The van der Waals surface area contributed by atoms with Gasteiger partial charge in [0.05, 0.1) is 26.0 Å². The summed E-state index contributed by atoms with van der Waals surface area (Å²) < 4.78 is 10.4. The number of aromatic carboxylic acids is 1. The molecule has 0 aliphatic rings. The lowest BCUT2D eigenvalue weighted by Gasteiger charge is -2.12. The van der Waals surface area contributed by atoms with Crippen LogP contribution in [0.15, 0.2) is 35.4 Å². The minimum Gasteiger partial charge on any atom is -0.493 e. The molecule has 0 saturated heterocycles. The Morgan fingerprint density at radius 3 is 2.52 bits per heavy atom. The number of nitrogens with one attached hydrogen (secondary N) is 1. The van der Waals surface area contributed by atoms with Crippen molar-refractivity contribution in [3.05, 3.63) is 58.1 Å². The van der Waals surface area contributed by atoms with E-state index in [2.05, 4.69) is 34.6 Å². The highest BCUT2D eigenvalue weighted by atomic mass is 16.5. The fourth-order valence-electron chi connectivity index (χ4n) is 3.19. The van der Waals surface area contributed by atoms with Crippen LogP contribution in [-0.4, -0.2) is 36.5 Å². The van der Waals surface area contributed by atoms with Gasteiger partial charge in [-0.3, -0.25) is 5.43 Å². The molecule has 1 aromatic heterocycles. The quantitative estimate of drug-likeness (QED) is 0.478. The summed E-state index contributed by atoms with van der Waals surface area (Å²) in [5.41, 5.74) is 7.54. The number of nitrogens with zero attached hydrogens (tertiary/aromatic N) is 2. The topological polar surface area (TPSA) is 93.0 Å². The predicted molar refractivity (Wildman–Crippen MR) is 114 cm³/mol. The third kappa shape index (κ3) is 3.85. The van der Waals surface area contributed by atoms with Gasteiger partial charge in [0.1, 0.15) is 11.4 Å². The number of hydrogen-bond donors (Lipinski definition) is 2. The highest BCUT2D eigenvalue weighted by Crippen LogP contribution is 2.33. The van der Waals surface area contributed by atoms with Gasteiger partial charge in [-0.1, -0.05) is 12.1 Å². The van der Waals surface area contributed by atoms with Crippen molar-refractivity contribution < 1.29 is 19.4 Å². The monoisotopic (exact) mass is 393 g/mol. The number of pyridine rings is 1. The molecule has 2 N–H and O–H groups in total. The summed E-state index contributed by atoms with van der Waals surface area (Å²) in [5, 5.41) is 14.9. The van der Waals surface area contributed by atoms with E-state index in [0.717, 1.165) is 22.0 Å². The molecule has 0 saturated carbocycles. The lowest BCUT2D eigenvalue weighted by Crippen LogP contribution is -2.07. The Morgan fingerprint density at radius 1 is 1.10 bits per heavy atom. The number of aromatic nitrogens is 1. The first-order valence-electron chi connectivity index (χ1n) is 9.02. The molecule has 7 nitrogen and oxygen atoms in total. The Kier molecular flexibility index (Phi) is 5.68. The number of carbonyl (C=O) groups is 1. The zero-order chi connectivity index (χ0) is 21.1. The molecule has 7 heteroatoms. The van der Waals surface area contributed by atoms with E-state index in [1.54, 1.807) is 12.1 Å². The number of anilines is 1. The number of fused-ring (bicyclic) bond motifs is 1. The SMILES string of the molecule is COc1ccc(/C=N\Nc2cc(C)c3ccc(C)c(C)c3n2)c(C(=O)O)c1OC. The van der Waals surface area contributed by atoms with E-state index >= 15 is 0 Å². The molecule has 0 unspecified atom stereocenters. The zero-order valence-electron chi connectivity index (χ0n) is 17.0. The number of carboxylic acid groups (broad SMARTS) is 1. The largest absolute Gasteiger partial charge is 0.493 e. The molecule has 1 heterocycles. The number of hydrazone groups is 1. The minimum atomic E-state index is -1.13. The summed E-state index contributed by atoms with van der Waals surface area (Å²) in [6.45, 7) is 6.11. The Hall–Kier alpha value is -3.61. The summed E-state index contributed by atoms with van der Waals surface area (Å²) in [6.07, 6.45) is 1.43. The fourth-order valence-corrected chi connectivity index (χ4v) is 3.19. The van der Waals surface area contributed by atoms with Crippen molar-refractivity contribution >= 4 is 28.9 Å². The van der Waals surface area contributed by atoms with Gasteiger partial charge in [-0.15, -0.1) is 0 Å². The van der Waals surface area contributed by atoms with Crippen LogP contribution in [0.5, 0.6) is 11.5 Å². The van der Waals surface area contributed by atoms with Crippen molar-refractivity contribution in [1.29, 1.82) is 0 Å². The van der Waals surface area contributed by atoms with E-state index in [-0.39, 0.29) is 11.3 Å². The first kappa shape index (κ1) is 20.1. The highest BCUT2D eigenvalue weighted by molar-refractivity contribution is 6.02. The van der Waals surface area contributed by atoms with Gasteiger partial charge in [0, 0.05) is 10.9 Å². The number of rotatable bonds is 6. The van der Waals surface area contributed by atoms with Crippen LogP contribution in [0.25, 0.3) is 10.9 Å². The number of hydrogen-bond acceptors (Lipinski definition) is 6. The molecular weight excluding hydrogens is 370 g/mol. The first-order chi connectivity index (χ1) is 13.9. The maximum atomic E-state index is 11.7. The zero-order valence-corrected chi connectivity index (χ0v) is 17.0. The molecule has 3 aromatic rings. The minimum absolute atomic E-state index is 0.0217. The van der Waals surface area contributed by atoms with Gasteiger partial charge in [0.15, 0.2) is 11.5 Å².